The summed E-state index contributed by atoms with van der Waals surface area (Å²) in [5.41, 5.74) is 3.07. The largest absolute Gasteiger partial charge is 0.444 e. The van der Waals surface area contributed by atoms with Crippen molar-refractivity contribution in [2.24, 2.45) is 4.99 Å². The number of guanidine groups is 1. The number of nitrogens with one attached hydrogen (secondary N) is 2. The Hall–Kier alpha value is -1.65. The van der Waals surface area contributed by atoms with E-state index in [2.05, 4.69) is 56.5 Å². The van der Waals surface area contributed by atoms with Gasteiger partial charge in [0, 0.05) is 45.3 Å². The number of hydrogen-bond acceptors (Lipinski definition) is 5. The maximum absolute atomic E-state index is 5.61. The Morgan fingerprint density at radius 2 is 1.83 bits per heavy atom. The maximum atomic E-state index is 5.61. The van der Waals surface area contributed by atoms with Crippen LogP contribution in [0.1, 0.15) is 24.1 Å². The second kappa shape index (κ2) is 12.9. The van der Waals surface area contributed by atoms with Crippen molar-refractivity contribution in [1.82, 2.24) is 25.4 Å². The number of benzene rings is 1. The zero-order chi connectivity index (χ0) is 20.5. The van der Waals surface area contributed by atoms with Crippen molar-refractivity contribution < 1.29 is 4.42 Å². The number of likely N-dealkylation sites (N-methyl/N-ethyl adjacent to an activating group) is 1. The molecule has 2 heterocycles. The second-order valence-electron chi connectivity index (χ2n) is 7.71. The van der Waals surface area contributed by atoms with Crippen LogP contribution in [0.15, 0.2) is 39.9 Å². The lowest BCUT2D eigenvalue weighted by atomic mass is 10.1. The van der Waals surface area contributed by atoms with Crippen molar-refractivity contribution in [2.45, 2.75) is 26.3 Å². The molecular formula is C22H35IN6O. The van der Waals surface area contributed by atoms with Gasteiger partial charge in [0.2, 0.25) is 5.89 Å². The molecule has 1 fully saturated rings. The van der Waals surface area contributed by atoms with Crippen LogP contribution < -0.4 is 10.6 Å². The molecule has 2 N–H and O–H groups in total. The Labute approximate surface area is 197 Å². The maximum Gasteiger partial charge on any atom is 0.226 e. The van der Waals surface area contributed by atoms with E-state index < -0.39 is 0 Å². The standard InChI is InChI=1S/C22H34N6O.HI/c1-18-6-8-19(9-7-18)21-26-20(17-29-21)16-25-22(23-2)24-10-4-5-11-28-14-12-27(3)13-15-28;/h6-9,17H,4-5,10-16H2,1-3H3,(H2,23,24,25);1H. The Kier molecular flexibility index (Phi) is 10.6. The first-order valence-corrected chi connectivity index (χ1v) is 10.5. The molecule has 2 aromatic rings. The fourth-order valence-corrected chi connectivity index (χ4v) is 3.35. The summed E-state index contributed by atoms with van der Waals surface area (Å²) in [4.78, 5) is 13.8. The Bertz CT molecular complexity index is 768. The molecule has 8 heteroatoms. The first-order valence-electron chi connectivity index (χ1n) is 10.5. The molecule has 1 aliphatic rings. The highest BCUT2D eigenvalue weighted by Crippen LogP contribution is 2.18. The van der Waals surface area contributed by atoms with Crippen molar-refractivity contribution in [3.8, 4) is 11.5 Å². The highest BCUT2D eigenvalue weighted by molar-refractivity contribution is 14.0. The first-order chi connectivity index (χ1) is 14.1. The predicted octanol–water partition coefficient (Wildman–Crippen LogP) is 2.96. The molecular weight excluding hydrogens is 491 g/mol. The van der Waals surface area contributed by atoms with Crippen molar-refractivity contribution in [3.05, 3.63) is 41.8 Å². The lowest BCUT2D eigenvalue weighted by Gasteiger charge is -2.32. The van der Waals surface area contributed by atoms with E-state index in [4.69, 9.17) is 4.42 Å². The summed E-state index contributed by atoms with van der Waals surface area (Å²) in [6.07, 6.45) is 4.04. The van der Waals surface area contributed by atoms with E-state index in [0.717, 1.165) is 30.2 Å². The van der Waals surface area contributed by atoms with Gasteiger partial charge in [0.25, 0.3) is 0 Å². The minimum absolute atomic E-state index is 0. The summed E-state index contributed by atoms with van der Waals surface area (Å²) in [5, 5.41) is 6.69. The van der Waals surface area contributed by atoms with Gasteiger partial charge in [-0.1, -0.05) is 17.7 Å². The van der Waals surface area contributed by atoms with Gasteiger partial charge in [-0.05, 0) is 45.5 Å². The number of nitrogens with zero attached hydrogens (tertiary/aromatic N) is 4. The van der Waals surface area contributed by atoms with Gasteiger partial charge in [-0.3, -0.25) is 4.99 Å². The molecule has 0 unspecified atom stereocenters. The summed E-state index contributed by atoms with van der Waals surface area (Å²) in [7, 11) is 3.99. The van der Waals surface area contributed by atoms with E-state index in [9.17, 15) is 0 Å². The van der Waals surface area contributed by atoms with Crippen LogP contribution in [0.25, 0.3) is 11.5 Å². The van der Waals surface area contributed by atoms with Crippen LogP contribution in [0.3, 0.4) is 0 Å². The van der Waals surface area contributed by atoms with Gasteiger partial charge < -0.3 is 24.9 Å². The van der Waals surface area contributed by atoms with Gasteiger partial charge in [0.05, 0.1) is 12.2 Å². The third-order valence-electron chi connectivity index (χ3n) is 5.30. The number of piperazine rings is 1. The lowest BCUT2D eigenvalue weighted by molar-refractivity contribution is 0.152. The molecule has 0 radical (unpaired) electrons. The number of rotatable bonds is 8. The highest BCUT2D eigenvalue weighted by atomic mass is 127. The van der Waals surface area contributed by atoms with E-state index in [1.54, 1.807) is 13.3 Å². The minimum Gasteiger partial charge on any atom is -0.444 e. The SMILES string of the molecule is CN=C(NCCCCN1CCN(C)CC1)NCc1coc(-c2ccc(C)cc2)n1.I. The number of aromatic nitrogens is 1. The molecule has 1 saturated heterocycles. The van der Waals surface area contributed by atoms with E-state index in [1.807, 2.05) is 12.1 Å². The topological polar surface area (TPSA) is 68.9 Å². The predicted molar refractivity (Wildman–Crippen MR) is 133 cm³/mol. The molecule has 0 atom stereocenters. The van der Waals surface area contributed by atoms with Crippen LogP contribution in [-0.4, -0.2) is 74.1 Å². The zero-order valence-electron chi connectivity index (χ0n) is 18.4. The van der Waals surface area contributed by atoms with Crippen molar-refractivity contribution in [2.75, 3.05) is 53.4 Å². The lowest BCUT2D eigenvalue weighted by Crippen LogP contribution is -2.44. The van der Waals surface area contributed by atoms with E-state index >= 15 is 0 Å². The smallest absolute Gasteiger partial charge is 0.226 e. The second-order valence-corrected chi connectivity index (χ2v) is 7.71. The molecule has 0 saturated carbocycles. The number of aryl methyl sites for hydroxylation is 1. The van der Waals surface area contributed by atoms with Crippen molar-refractivity contribution >= 4 is 29.9 Å². The Morgan fingerprint density at radius 1 is 1.10 bits per heavy atom. The van der Waals surface area contributed by atoms with Gasteiger partial charge in [-0.2, -0.15) is 0 Å². The molecule has 0 aliphatic carbocycles. The minimum atomic E-state index is 0. The van der Waals surface area contributed by atoms with E-state index in [0.29, 0.717) is 12.4 Å². The zero-order valence-corrected chi connectivity index (χ0v) is 20.7. The fourth-order valence-electron chi connectivity index (χ4n) is 3.35. The number of aliphatic imine (C=N–C) groups is 1. The highest BCUT2D eigenvalue weighted by Gasteiger charge is 2.12. The van der Waals surface area contributed by atoms with Gasteiger partial charge in [-0.25, -0.2) is 4.98 Å². The van der Waals surface area contributed by atoms with Crippen LogP contribution in [0.2, 0.25) is 0 Å². The molecule has 0 amide bonds. The van der Waals surface area contributed by atoms with E-state index in [1.165, 1.54) is 44.7 Å². The average Bonchev–Trinajstić information content (AvgIpc) is 3.21. The first kappa shape index (κ1) is 24.6. The van der Waals surface area contributed by atoms with Crippen LogP contribution in [-0.2, 0) is 6.54 Å². The van der Waals surface area contributed by atoms with Crippen LogP contribution >= 0.6 is 24.0 Å². The quantitative estimate of drug-likeness (QED) is 0.239. The molecule has 1 aliphatic heterocycles. The Balaban J connectivity index is 0.00000320. The Morgan fingerprint density at radius 3 is 2.53 bits per heavy atom. The molecule has 0 bridgehead atoms. The summed E-state index contributed by atoms with van der Waals surface area (Å²) in [6.45, 7) is 9.50. The van der Waals surface area contributed by atoms with Crippen LogP contribution in [0.5, 0.6) is 0 Å². The molecule has 7 nitrogen and oxygen atoms in total. The number of halogens is 1. The van der Waals surface area contributed by atoms with Gasteiger partial charge in [-0.15, -0.1) is 24.0 Å². The van der Waals surface area contributed by atoms with Gasteiger partial charge in [0.1, 0.15) is 6.26 Å². The number of oxazole rings is 1. The monoisotopic (exact) mass is 526 g/mol. The third-order valence-corrected chi connectivity index (χ3v) is 5.30. The fraction of sp³-hybridized carbons (Fsp3) is 0.545. The van der Waals surface area contributed by atoms with E-state index in [-0.39, 0.29) is 24.0 Å². The summed E-state index contributed by atoms with van der Waals surface area (Å²) in [6, 6.07) is 8.18. The molecule has 30 heavy (non-hydrogen) atoms. The third kappa shape index (κ3) is 7.88. The van der Waals surface area contributed by atoms with Crippen LogP contribution in [0.4, 0.5) is 0 Å². The number of hydrogen-bond donors (Lipinski definition) is 2. The summed E-state index contributed by atoms with van der Waals surface area (Å²) < 4.78 is 5.61. The van der Waals surface area contributed by atoms with Crippen molar-refractivity contribution in [1.29, 1.82) is 0 Å². The van der Waals surface area contributed by atoms with Gasteiger partial charge in [0.15, 0.2) is 5.96 Å². The number of unbranched alkanes of at least 4 members (excludes halogenated alkanes) is 1. The molecule has 1 aromatic carbocycles. The van der Waals surface area contributed by atoms with Gasteiger partial charge >= 0.3 is 0 Å². The molecule has 3 rings (SSSR count). The van der Waals surface area contributed by atoms with Crippen LogP contribution in [0, 0.1) is 6.92 Å². The molecule has 166 valence electrons. The molecule has 0 spiro atoms. The normalized spacial score (nSPS) is 15.6. The average molecular weight is 526 g/mol. The summed E-state index contributed by atoms with van der Waals surface area (Å²) in [5.74, 6) is 1.44. The summed E-state index contributed by atoms with van der Waals surface area (Å²) >= 11 is 0. The molecule has 1 aromatic heterocycles. The van der Waals surface area contributed by atoms with Crippen molar-refractivity contribution in [3.63, 3.8) is 0 Å².